The molecule has 2 aromatic rings. The van der Waals surface area contributed by atoms with E-state index < -0.39 is 6.10 Å². The highest BCUT2D eigenvalue weighted by molar-refractivity contribution is 6.03. The highest BCUT2D eigenvalue weighted by Crippen LogP contribution is 2.36. The summed E-state index contributed by atoms with van der Waals surface area (Å²) in [4.78, 5) is 28.7. The molecule has 6 heteroatoms. The molecule has 1 aliphatic rings. The van der Waals surface area contributed by atoms with E-state index in [1.54, 1.807) is 30.0 Å². The van der Waals surface area contributed by atoms with E-state index in [0.29, 0.717) is 23.9 Å². The van der Waals surface area contributed by atoms with Crippen LogP contribution in [0.2, 0.25) is 0 Å². The number of amides is 2. The average Bonchev–Trinajstić information content (AvgIpc) is 2.73. The van der Waals surface area contributed by atoms with E-state index in [2.05, 4.69) is 31.3 Å². The van der Waals surface area contributed by atoms with Crippen LogP contribution in [0.5, 0.6) is 5.75 Å². The summed E-state index contributed by atoms with van der Waals surface area (Å²) in [5.41, 5.74) is 3.58. The lowest BCUT2D eigenvalue weighted by molar-refractivity contribution is -0.125. The van der Waals surface area contributed by atoms with Crippen molar-refractivity contribution < 1.29 is 14.3 Å². The summed E-state index contributed by atoms with van der Waals surface area (Å²) in [7, 11) is 3.94. The summed E-state index contributed by atoms with van der Waals surface area (Å²) < 4.78 is 5.79. The van der Waals surface area contributed by atoms with E-state index in [-0.39, 0.29) is 11.8 Å². The van der Waals surface area contributed by atoms with Gasteiger partial charge in [0.2, 0.25) is 5.91 Å². The van der Waals surface area contributed by atoms with Crippen molar-refractivity contribution >= 4 is 29.3 Å². The van der Waals surface area contributed by atoms with Gasteiger partial charge in [-0.2, -0.15) is 0 Å². The van der Waals surface area contributed by atoms with Crippen LogP contribution >= 0.6 is 0 Å². The number of fused-ring (bicyclic) bond motifs is 1. The first-order valence-corrected chi connectivity index (χ1v) is 10.6. The van der Waals surface area contributed by atoms with E-state index in [0.717, 1.165) is 17.8 Å². The SMILES string of the molecule is CC1Oc2cc(NC(=O)/C=C/c3ccc(C(C)C)cc3)ccc2N(CCN(C)C)C1=O. The van der Waals surface area contributed by atoms with Gasteiger partial charge in [0.1, 0.15) is 5.75 Å². The minimum absolute atomic E-state index is 0.0578. The fraction of sp³-hybridized carbons (Fsp3) is 0.360. The van der Waals surface area contributed by atoms with Crippen molar-refractivity contribution in [3.05, 3.63) is 59.7 Å². The zero-order chi connectivity index (χ0) is 22.5. The highest BCUT2D eigenvalue weighted by atomic mass is 16.5. The van der Waals surface area contributed by atoms with Gasteiger partial charge in [0.25, 0.3) is 5.91 Å². The van der Waals surface area contributed by atoms with Gasteiger partial charge in [-0.3, -0.25) is 9.59 Å². The molecule has 1 aliphatic heterocycles. The minimum Gasteiger partial charge on any atom is -0.479 e. The average molecular weight is 422 g/mol. The van der Waals surface area contributed by atoms with Gasteiger partial charge in [-0.1, -0.05) is 38.1 Å². The van der Waals surface area contributed by atoms with Crippen molar-refractivity contribution in [2.45, 2.75) is 32.8 Å². The van der Waals surface area contributed by atoms with E-state index in [9.17, 15) is 9.59 Å². The molecule has 1 heterocycles. The monoisotopic (exact) mass is 421 g/mol. The summed E-state index contributed by atoms with van der Waals surface area (Å²) >= 11 is 0. The molecule has 0 radical (unpaired) electrons. The molecule has 1 N–H and O–H groups in total. The Kier molecular flexibility index (Phi) is 7.13. The van der Waals surface area contributed by atoms with Crippen LogP contribution in [-0.4, -0.2) is 50.0 Å². The molecule has 0 bridgehead atoms. The zero-order valence-corrected chi connectivity index (χ0v) is 18.9. The molecule has 3 rings (SSSR count). The first-order valence-electron chi connectivity index (χ1n) is 10.6. The number of carbonyl (C=O) groups is 2. The van der Waals surface area contributed by atoms with Crippen molar-refractivity contribution in [3.8, 4) is 5.75 Å². The summed E-state index contributed by atoms with van der Waals surface area (Å²) in [6, 6.07) is 13.5. The third kappa shape index (κ3) is 5.73. The van der Waals surface area contributed by atoms with Gasteiger partial charge in [-0.25, -0.2) is 0 Å². The zero-order valence-electron chi connectivity index (χ0n) is 18.9. The number of nitrogens with one attached hydrogen (secondary N) is 1. The number of ether oxygens (including phenoxy) is 1. The maximum atomic E-state index is 12.5. The quantitative estimate of drug-likeness (QED) is 0.683. The maximum Gasteiger partial charge on any atom is 0.267 e. The molecule has 1 unspecified atom stereocenters. The molecule has 6 nitrogen and oxygen atoms in total. The van der Waals surface area contributed by atoms with Crippen molar-refractivity contribution in [1.82, 2.24) is 4.90 Å². The number of nitrogens with zero attached hydrogens (tertiary/aromatic N) is 2. The Morgan fingerprint density at radius 3 is 2.55 bits per heavy atom. The van der Waals surface area contributed by atoms with Crippen molar-refractivity contribution in [2.75, 3.05) is 37.4 Å². The fourth-order valence-corrected chi connectivity index (χ4v) is 3.37. The summed E-state index contributed by atoms with van der Waals surface area (Å²) in [6.45, 7) is 7.37. The fourth-order valence-electron chi connectivity index (χ4n) is 3.37. The van der Waals surface area contributed by atoms with Gasteiger partial charge in [0.15, 0.2) is 6.10 Å². The van der Waals surface area contributed by atoms with Crippen molar-refractivity contribution in [1.29, 1.82) is 0 Å². The number of hydrogen-bond acceptors (Lipinski definition) is 4. The van der Waals surface area contributed by atoms with Gasteiger partial charge < -0.3 is 19.9 Å². The smallest absolute Gasteiger partial charge is 0.267 e. The third-order valence-corrected chi connectivity index (χ3v) is 5.24. The number of benzene rings is 2. The second-order valence-corrected chi connectivity index (χ2v) is 8.38. The van der Waals surface area contributed by atoms with Crippen LogP contribution in [0.1, 0.15) is 37.8 Å². The Morgan fingerprint density at radius 1 is 1.19 bits per heavy atom. The Balaban J connectivity index is 1.69. The number of likely N-dealkylation sites (N-methyl/N-ethyl adjacent to an activating group) is 1. The first-order chi connectivity index (χ1) is 14.7. The van der Waals surface area contributed by atoms with Gasteiger partial charge in [-0.05, 0) is 56.3 Å². The molecule has 0 spiro atoms. The largest absolute Gasteiger partial charge is 0.479 e. The minimum atomic E-state index is -0.561. The number of rotatable bonds is 7. The molecule has 2 aromatic carbocycles. The van der Waals surface area contributed by atoms with Crippen LogP contribution in [0, 0.1) is 0 Å². The van der Waals surface area contributed by atoms with Crippen molar-refractivity contribution in [2.24, 2.45) is 0 Å². The predicted molar refractivity (Wildman–Crippen MR) is 126 cm³/mol. The maximum absolute atomic E-state index is 12.5. The molecule has 0 saturated carbocycles. The van der Waals surface area contributed by atoms with Gasteiger partial charge in [0, 0.05) is 30.9 Å². The number of carbonyl (C=O) groups excluding carboxylic acids is 2. The Morgan fingerprint density at radius 2 is 1.90 bits per heavy atom. The second-order valence-electron chi connectivity index (χ2n) is 8.38. The molecular formula is C25H31N3O3. The molecule has 1 atom stereocenters. The second kappa shape index (κ2) is 9.79. The highest BCUT2D eigenvalue weighted by Gasteiger charge is 2.31. The topological polar surface area (TPSA) is 61.9 Å². The summed E-state index contributed by atoms with van der Waals surface area (Å²) in [6.07, 6.45) is 2.74. The standard InChI is InChI=1S/C25H31N3O3/c1-17(2)20-9-6-19(7-10-20)8-13-24(29)26-21-11-12-22-23(16-21)31-18(3)25(30)28(22)15-14-27(4)5/h6-13,16-18H,14-15H2,1-5H3,(H,26,29)/b13-8+. The molecule has 0 aromatic heterocycles. The lowest BCUT2D eigenvalue weighted by Crippen LogP contribution is -2.46. The Hall–Kier alpha value is -3.12. The normalized spacial score (nSPS) is 16.0. The van der Waals surface area contributed by atoms with Crippen LogP contribution in [0.25, 0.3) is 6.08 Å². The molecular weight excluding hydrogens is 390 g/mol. The van der Waals surface area contributed by atoms with E-state index in [1.165, 1.54) is 11.6 Å². The molecule has 0 aliphatic carbocycles. The van der Waals surface area contributed by atoms with Crippen LogP contribution in [0.3, 0.4) is 0 Å². The number of hydrogen-bond donors (Lipinski definition) is 1. The Labute approximate surface area is 184 Å². The van der Waals surface area contributed by atoms with E-state index >= 15 is 0 Å². The summed E-state index contributed by atoms with van der Waals surface area (Å²) in [5, 5.41) is 2.87. The van der Waals surface area contributed by atoms with Crippen LogP contribution < -0.4 is 15.0 Å². The summed E-state index contributed by atoms with van der Waals surface area (Å²) in [5.74, 6) is 0.788. The van der Waals surface area contributed by atoms with Crippen LogP contribution in [0.15, 0.2) is 48.5 Å². The lowest BCUT2D eigenvalue weighted by Gasteiger charge is -2.34. The lowest BCUT2D eigenvalue weighted by atomic mass is 10.0. The van der Waals surface area contributed by atoms with Gasteiger partial charge in [0.05, 0.1) is 5.69 Å². The first kappa shape index (κ1) is 22.6. The van der Waals surface area contributed by atoms with Gasteiger partial charge >= 0.3 is 0 Å². The number of anilines is 2. The molecule has 2 amide bonds. The van der Waals surface area contributed by atoms with Crippen LogP contribution in [0.4, 0.5) is 11.4 Å². The third-order valence-electron chi connectivity index (χ3n) is 5.24. The molecule has 164 valence electrons. The molecule has 0 fully saturated rings. The van der Waals surface area contributed by atoms with E-state index in [4.69, 9.17) is 4.74 Å². The van der Waals surface area contributed by atoms with Crippen molar-refractivity contribution in [3.63, 3.8) is 0 Å². The Bertz CT molecular complexity index is 964. The molecule has 31 heavy (non-hydrogen) atoms. The molecule has 0 saturated heterocycles. The van der Waals surface area contributed by atoms with Gasteiger partial charge in [-0.15, -0.1) is 0 Å². The van der Waals surface area contributed by atoms with Crippen LogP contribution in [-0.2, 0) is 9.59 Å². The predicted octanol–water partition coefficient (Wildman–Crippen LogP) is 4.14. The van der Waals surface area contributed by atoms with E-state index in [1.807, 2.05) is 37.2 Å².